The number of nitrogens with one attached hydrogen (secondary N) is 2. The van der Waals surface area contributed by atoms with E-state index in [1.165, 1.54) is 0 Å². The average molecular weight is 338 g/mol. The number of hydrogen-bond donors (Lipinski definition) is 4. The lowest BCUT2D eigenvalue weighted by atomic mass is 10.3. The van der Waals surface area contributed by atoms with Gasteiger partial charge >= 0.3 is 12.0 Å². The number of carbonyl (C=O) groups excluding carboxylic acids is 1. The van der Waals surface area contributed by atoms with Gasteiger partial charge in [-0.1, -0.05) is 27.5 Å². The van der Waals surface area contributed by atoms with Gasteiger partial charge in [-0.25, -0.2) is 9.59 Å². The molecule has 0 fully saturated rings. The maximum Gasteiger partial charge on any atom is 0.328 e. The molecule has 0 unspecified atom stereocenters. The molecule has 2 amide bonds. The fourth-order valence-corrected chi connectivity index (χ4v) is 1.81. The summed E-state index contributed by atoms with van der Waals surface area (Å²) in [6.45, 7) is -0.698. The first kappa shape index (κ1) is 14.7. The number of hydrogen-bond acceptors (Lipinski definition) is 3. The molecule has 0 radical (unpaired) electrons. The Labute approximate surface area is 116 Å². The fourth-order valence-electron chi connectivity index (χ4n) is 1.09. The van der Waals surface area contributed by atoms with Gasteiger partial charge in [-0.3, -0.25) is 0 Å². The number of anilines is 1. The maximum atomic E-state index is 11.5. The Morgan fingerprint density at radius 2 is 2.11 bits per heavy atom. The summed E-state index contributed by atoms with van der Waals surface area (Å²) in [5.41, 5.74) is 0.333. The van der Waals surface area contributed by atoms with Crippen LogP contribution in [-0.2, 0) is 4.79 Å². The van der Waals surface area contributed by atoms with E-state index in [1.807, 2.05) is 0 Å². The van der Waals surface area contributed by atoms with E-state index in [-0.39, 0.29) is 0 Å². The highest BCUT2D eigenvalue weighted by Crippen LogP contribution is 2.25. The first-order chi connectivity index (χ1) is 8.43. The summed E-state index contributed by atoms with van der Waals surface area (Å²) >= 11 is 9.08. The third-order valence-corrected chi connectivity index (χ3v) is 2.77. The van der Waals surface area contributed by atoms with E-state index in [9.17, 15) is 9.59 Å². The summed E-state index contributed by atoms with van der Waals surface area (Å²) < 4.78 is 0.747. The molecule has 1 atom stereocenters. The molecule has 1 rings (SSSR count). The minimum atomic E-state index is -1.36. The highest BCUT2D eigenvalue weighted by molar-refractivity contribution is 9.10. The summed E-state index contributed by atoms with van der Waals surface area (Å²) in [4.78, 5) is 22.1. The third-order valence-electron chi connectivity index (χ3n) is 1.97. The molecule has 8 heteroatoms. The van der Waals surface area contributed by atoms with E-state index >= 15 is 0 Å². The molecule has 0 saturated carbocycles. The number of benzene rings is 1. The Balaban J connectivity index is 2.67. The van der Waals surface area contributed by atoms with Crippen molar-refractivity contribution >= 4 is 45.2 Å². The van der Waals surface area contributed by atoms with E-state index in [0.29, 0.717) is 10.7 Å². The van der Waals surface area contributed by atoms with Gasteiger partial charge in [-0.15, -0.1) is 0 Å². The second-order valence-electron chi connectivity index (χ2n) is 3.30. The summed E-state index contributed by atoms with van der Waals surface area (Å²) in [7, 11) is 0. The average Bonchev–Trinajstić information content (AvgIpc) is 2.29. The van der Waals surface area contributed by atoms with Gasteiger partial charge in [0.15, 0.2) is 6.04 Å². The number of amides is 2. The second kappa shape index (κ2) is 6.58. The van der Waals surface area contributed by atoms with Crippen LogP contribution in [0.4, 0.5) is 10.5 Å². The molecule has 0 aliphatic carbocycles. The minimum absolute atomic E-state index is 0.301. The van der Waals surface area contributed by atoms with E-state index in [4.69, 9.17) is 21.8 Å². The zero-order chi connectivity index (χ0) is 13.7. The van der Waals surface area contributed by atoms with Crippen LogP contribution in [0.25, 0.3) is 0 Å². The largest absolute Gasteiger partial charge is 0.480 e. The van der Waals surface area contributed by atoms with Gasteiger partial charge in [0.1, 0.15) is 0 Å². The molecule has 6 nitrogen and oxygen atoms in total. The zero-order valence-electron chi connectivity index (χ0n) is 8.98. The van der Waals surface area contributed by atoms with Gasteiger partial charge < -0.3 is 20.8 Å². The topological polar surface area (TPSA) is 98.7 Å². The van der Waals surface area contributed by atoms with Gasteiger partial charge in [-0.2, -0.15) is 0 Å². The summed E-state index contributed by atoms with van der Waals surface area (Å²) in [6, 6.07) is 2.68. The molecular weight excluding hydrogens is 327 g/mol. The molecule has 0 bridgehead atoms. The highest BCUT2D eigenvalue weighted by Gasteiger charge is 2.18. The van der Waals surface area contributed by atoms with Gasteiger partial charge in [-0.05, 0) is 18.2 Å². The number of rotatable bonds is 4. The van der Waals surface area contributed by atoms with Crippen molar-refractivity contribution in [3.05, 3.63) is 27.7 Å². The Hall–Kier alpha value is -1.31. The SMILES string of the molecule is O=C(Nc1ccc(Br)cc1Cl)N[C@@H](CO)C(=O)O. The van der Waals surface area contributed by atoms with Crippen molar-refractivity contribution in [2.45, 2.75) is 6.04 Å². The van der Waals surface area contributed by atoms with Crippen molar-refractivity contribution in [2.75, 3.05) is 11.9 Å². The van der Waals surface area contributed by atoms with Crippen molar-refractivity contribution < 1.29 is 19.8 Å². The van der Waals surface area contributed by atoms with Crippen LogP contribution in [0.1, 0.15) is 0 Å². The summed E-state index contributed by atoms with van der Waals surface area (Å²) in [5.74, 6) is -1.32. The third kappa shape index (κ3) is 4.17. The standard InChI is InChI=1S/C10H10BrClN2O4/c11-5-1-2-7(6(12)3-5)13-10(18)14-8(4-15)9(16)17/h1-3,8,15H,4H2,(H,16,17)(H2,13,14,18)/t8-/m0/s1. The number of halogens is 2. The molecule has 18 heavy (non-hydrogen) atoms. The van der Waals surface area contributed by atoms with Crippen molar-refractivity contribution in [3.63, 3.8) is 0 Å². The molecule has 1 aromatic carbocycles. The molecular formula is C10H10BrClN2O4. The highest BCUT2D eigenvalue weighted by atomic mass is 79.9. The van der Waals surface area contributed by atoms with Gasteiger partial charge in [0, 0.05) is 4.47 Å². The van der Waals surface area contributed by atoms with E-state index in [0.717, 1.165) is 4.47 Å². The Morgan fingerprint density at radius 3 is 2.61 bits per heavy atom. The van der Waals surface area contributed by atoms with Crippen LogP contribution in [-0.4, -0.2) is 34.9 Å². The van der Waals surface area contributed by atoms with Gasteiger partial charge in [0.25, 0.3) is 0 Å². The first-order valence-electron chi connectivity index (χ1n) is 4.80. The number of urea groups is 1. The van der Waals surface area contributed by atoms with Crippen LogP contribution < -0.4 is 10.6 Å². The van der Waals surface area contributed by atoms with Crippen LogP contribution in [0.3, 0.4) is 0 Å². The minimum Gasteiger partial charge on any atom is -0.480 e. The lowest BCUT2D eigenvalue weighted by molar-refractivity contribution is -0.140. The van der Waals surface area contributed by atoms with E-state index < -0.39 is 24.6 Å². The van der Waals surface area contributed by atoms with Gasteiger partial charge in [0.05, 0.1) is 17.3 Å². The Kier molecular flexibility index (Phi) is 5.39. The predicted octanol–water partition coefficient (Wildman–Crippen LogP) is 1.67. The normalized spacial score (nSPS) is 11.7. The Morgan fingerprint density at radius 1 is 1.44 bits per heavy atom. The lowest BCUT2D eigenvalue weighted by Crippen LogP contribution is -2.45. The Bertz CT molecular complexity index is 469. The van der Waals surface area contributed by atoms with Crippen molar-refractivity contribution in [2.24, 2.45) is 0 Å². The van der Waals surface area contributed by atoms with E-state index in [2.05, 4.69) is 26.6 Å². The second-order valence-corrected chi connectivity index (χ2v) is 4.62. The first-order valence-corrected chi connectivity index (χ1v) is 5.97. The van der Waals surface area contributed by atoms with Crippen molar-refractivity contribution in [1.29, 1.82) is 0 Å². The molecule has 0 aliphatic heterocycles. The predicted molar refractivity (Wildman–Crippen MR) is 69.8 cm³/mol. The fraction of sp³-hybridized carbons (Fsp3) is 0.200. The summed E-state index contributed by atoms with van der Waals surface area (Å²) in [5, 5.41) is 22.2. The lowest BCUT2D eigenvalue weighted by Gasteiger charge is -2.13. The van der Waals surface area contributed by atoms with E-state index in [1.54, 1.807) is 18.2 Å². The number of carboxylic acid groups (broad SMARTS) is 1. The molecule has 0 spiro atoms. The molecule has 4 N–H and O–H groups in total. The molecule has 0 aromatic heterocycles. The van der Waals surface area contributed by atoms with Crippen LogP contribution >= 0.6 is 27.5 Å². The number of carboxylic acids is 1. The van der Waals surface area contributed by atoms with Crippen LogP contribution in [0, 0.1) is 0 Å². The van der Waals surface area contributed by atoms with Crippen LogP contribution in [0.2, 0.25) is 5.02 Å². The number of aliphatic carboxylic acids is 1. The number of aliphatic hydroxyl groups excluding tert-OH is 1. The quantitative estimate of drug-likeness (QED) is 0.671. The van der Waals surface area contributed by atoms with Crippen LogP contribution in [0.5, 0.6) is 0 Å². The smallest absolute Gasteiger partial charge is 0.328 e. The molecule has 1 aromatic rings. The number of aliphatic hydroxyl groups is 1. The summed E-state index contributed by atoms with van der Waals surface area (Å²) in [6.07, 6.45) is 0. The molecule has 0 heterocycles. The van der Waals surface area contributed by atoms with Gasteiger partial charge in [0.2, 0.25) is 0 Å². The maximum absolute atomic E-state index is 11.5. The molecule has 0 aliphatic rings. The number of carbonyl (C=O) groups is 2. The van der Waals surface area contributed by atoms with Crippen molar-refractivity contribution in [1.82, 2.24) is 5.32 Å². The zero-order valence-corrected chi connectivity index (χ0v) is 11.3. The van der Waals surface area contributed by atoms with Crippen LogP contribution in [0.15, 0.2) is 22.7 Å². The van der Waals surface area contributed by atoms with Crippen molar-refractivity contribution in [3.8, 4) is 0 Å². The molecule has 98 valence electrons. The monoisotopic (exact) mass is 336 g/mol. The molecule has 0 saturated heterocycles.